The second kappa shape index (κ2) is 5.15. The summed E-state index contributed by atoms with van der Waals surface area (Å²) in [4.78, 5) is 11.5. The number of Topliss-reactive ketones (excluding diaryl/α,β-unsaturated/α-hetero) is 1. The van der Waals surface area contributed by atoms with Gasteiger partial charge in [-0.05, 0) is 29.5 Å². The summed E-state index contributed by atoms with van der Waals surface area (Å²) in [6.45, 7) is 4.09. The minimum Gasteiger partial charge on any atom is -0.293 e. The van der Waals surface area contributed by atoms with Crippen LogP contribution in [-0.4, -0.2) is 16.8 Å². The van der Waals surface area contributed by atoms with Crippen LogP contribution in [0.5, 0.6) is 0 Å². The summed E-state index contributed by atoms with van der Waals surface area (Å²) < 4.78 is 12.5. The molecular formula is C11H13FOS. The summed E-state index contributed by atoms with van der Waals surface area (Å²) in [5.74, 6) is 0.213. The molecule has 1 aromatic rings. The molecule has 0 aromatic heterocycles. The number of hydrogen-bond donors (Lipinski definition) is 0. The van der Waals surface area contributed by atoms with Crippen LogP contribution in [0, 0.1) is 5.82 Å². The number of carbonyl (C=O) groups excluding carboxylic acids is 1. The Labute approximate surface area is 87.7 Å². The molecule has 0 spiro atoms. The molecule has 1 aromatic carbocycles. The van der Waals surface area contributed by atoms with Gasteiger partial charge in [-0.3, -0.25) is 4.79 Å². The number of ketones is 1. The third kappa shape index (κ3) is 3.50. The van der Waals surface area contributed by atoms with Crippen molar-refractivity contribution in [3.8, 4) is 0 Å². The topological polar surface area (TPSA) is 17.1 Å². The van der Waals surface area contributed by atoms with Gasteiger partial charge >= 0.3 is 0 Å². The molecular weight excluding hydrogens is 199 g/mol. The fourth-order valence-electron chi connectivity index (χ4n) is 0.961. The Hall–Kier alpha value is -0.830. The SMILES string of the molecule is CC(C)SCC(=O)c1ccc(F)cc1. The van der Waals surface area contributed by atoms with Gasteiger partial charge in [0.05, 0.1) is 5.75 Å². The highest BCUT2D eigenvalue weighted by Crippen LogP contribution is 2.12. The van der Waals surface area contributed by atoms with Gasteiger partial charge in [-0.15, -0.1) is 0 Å². The Bertz CT molecular complexity index is 306. The molecule has 0 heterocycles. The standard InChI is InChI=1S/C11H13FOS/c1-8(2)14-7-11(13)9-3-5-10(12)6-4-9/h3-6,8H,7H2,1-2H3. The molecule has 0 atom stereocenters. The lowest BCUT2D eigenvalue weighted by Crippen LogP contribution is -2.04. The van der Waals surface area contributed by atoms with Crippen molar-refractivity contribution in [1.29, 1.82) is 0 Å². The van der Waals surface area contributed by atoms with Crippen molar-refractivity contribution in [1.82, 2.24) is 0 Å². The van der Waals surface area contributed by atoms with Crippen LogP contribution in [0.2, 0.25) is 0 Å². The zero-order valence-corrected chi connectivity index (χ0v) is 9.10. The van der Waals surface area contributed by atoms with Crippen molar-refractivity contribution in [2.24, 2.45) is 0 Å². The van der Waals surface area contributed by atoms with E-state index in [2.05, 4.69) is 0 Å². The first-order valence-electron chi connectivity index (χ1n) is 4.50. The Morgan fingerprint density at radius 2 is 1.93 bits per heavy atom. The number of thioether (sulfide) groups is 1. The molecule has 0 N–H and O–H groups in total. The van der Waals surface area contributed by atoms with Crippen LogP contribution in [0.4, 0.5) is 4.39 Å². The molecule has 1 nitrogen and oxygen atoms in total. The molecule has 1 rings (SSSR count). The maximum absolute atomic E-state index is 12.5. The summed E-state index contributed by atoms with van der Waals surface area (Å²) in [6, 6.07) is 5.68. The molecule has 0 unspecified atom stereocenters. The lowest BCUT2D eigenvalue weighted by Gasteiger charge is -2.03. The van der Waals surface area contributed by atoms with Gasteiger partial charge in [-0.2, -0.15) is 11.8 Å². The van der Waals surface area contributed by atoms with Gasteiger partial charge in [0.1, 0.15) is 5.82 Å². The molecule has 76 valence electrons. The van der Waals surface area contributed by atoms with E-state index in [1.54, 1.807) is 11.8 Å². The lowest BCUT2D eigenvalue weighted by molar-refractivity contribution is 0.102. The minimum absolute atomic E-state index is 0.0590. The molecule has 0 radical (unpaired) electrons. The van der Waals surface area contributed by atoms with Crippen molar-refractivity contribution < 1.29 is 9.18 Å². The number of carbonyl (C=O) groups is 1. The van der Waals surface area contributed by atoms with Crippen molar-refractivity contribution in [3.05, 3.63) is 35.6 Å². The molecule has 0 aliphatic rings. The van der Waals surface area contributed by atoms with E-state index in [-0.39, 0.29) is 11.6 Å². The first-order chi connectivity index (χ1) is 6.59. The van der Waals surface area contributed by atoms with Crippen molar-refractivity contribution in [2.75, 3.05) is 5.75 Å². The summed E-state index contributed by atoms with van der Waals surface area (Å²) in [5.41, 5.74) is 0.583. The van der Waals surface area contributed by atoms with E-state index >= 15 is 0 Å². The smallest absolute Gasteiger partial charge is 0.172 e. The lowest BCUT2D eigenvalue weighted by atomic mass is 10.1. The van der Waals surface area contributed by atoms with Crippen LogP contribution in [0.25, 0.3) is 0 Å². The maximum atomic E-state index is 12.5. The van der Waals surface area contributed by atoms with Crippen molar-refractivity contribution in [3.63, 3.8) is 0 Å². The van der Waals surface area contributed by atoms with E-state index in [4.69, 9.17) is 0 Å². The Kier molecular flexibility index (Phi) is 4.14. The Morgan fingerprint density at radius 3 is 2.43 bits per heavy atom. The molecule has 0 saturated heterocycles. The summed E-state index contributed by atoms with van der Waals surface area (Å²) in [6.07, 6.45) is 0. The van der Waals surface area contributed by atoms with Crippen molar-refractivity contribution >= 4 is 17.5 Å². The van der Waals surface area contributed by atoms with Gasteiger partial charge in [0.2, 0.25) is 0 Å². The van der Waals surface area contributed by atoms with Crippen LogP contribution >= 0.6 is 11.8 Å². The highest BCUT2D eigenvalue weighted by Gasteiger charge is 2.06. The number of rotatable bonds is 4. The van der Waals surface area contributed by atoms with Gasteiger partial charge < -0.3 is 0 Å². The first-order valence-corrected chi connectivity index (χ1v) is 5.55. The van der Waals surface area contributed by atoms with Gasteiger partial charge in [-0.1, -0.05) is 13.8 Å². The fraction of sp³-hybridized carbons (Fsp3) is 0.364. The Morgan fingerprint density at radius 1 is 1.36 bits per heavy atom. The molecule has 0 bridgehead atoms. The highest BCUT2D eigenvalue weighted by atomic mass is 32.2. The predicted octanol–water partition coefficient (Wildman–Crippen LogP) is 3.15. The van der Waals surface area contributed by atoms with Gasteiger partial charge in [-0.25, -0.2) is 4.39 Å². The molecule has 0 amide bonds. The third-order valence-electron chi connectivity index (χ3n) is 1.71. The van der Waals surface area contributed by atoms with E-state index in [0.717, 1.165) is 0 Å². The summed E-state index contributed by atoms with van der Waals surface area (Å²) in [7, 11) is 0. The highest BCUT2D eigenvalue weighted by molar-refractivity contribution is 8.00. The number of benzene rings is 1. The van der Waals surface area contributed by atoms with E-state index in [0.29, 0.717) is 16.6 Å². The quantitative estimate of drug-likeness (QED) is 0.713. The summed E-state index contributed by atoms with van der Waals surface area (Å²) >= 11 is 1.60. The predicted molar refractivity (Wildman–Crippen MR) is 58.3 cm³/mol. The average Bonchev–Trinajstić information content (AvgIpc) is 2.15. The van der Waals surface area contributed by atoms with E-state index in [9.17, 15) is 9.18 Å². The molecule has 3 heteroatoms. The monoisotopic (exact) mass is 212 g/mol. The molecule has 0 saturated carbocycles. The van der Waals surface area contributed by atoms with Crippen LogP contribution < -0.4 is 0 Å². The Balaban J connectivity index is 2.57. The van der Waals surface area contributed by atoms with E-state index in [1.807, 2.05) is 13.8 Å². The first kappa shape index (κ1) is 11.2. The fourth-order valence-corrected chi connectivity index (χ4v) is 1.61. The second-order valence-corrected chi connectivity index (χ2v) is 4.85. The second-order valence-electron chi connectivity index (χ2n) is 3.29. The van der Waals surface area contributed by atoms with Crippen LogP contribution in [-0.2, 0) is 0 Å². The van der Waals surface area contributed by atoms with E-state index in [1.165, 1.54) is 24.3 Å². The minimum atomic E-state index is -0.307. The molecule has 0 aliphatic carbocycles. The normalized spacial score (nSPS) is 10.6. The van der Waals surface area contributed by atoms with Gasteiger partial charge in [0.25, 0.3) is 0 Å². The molecule has 14 heavy (non-hydrogen) atoms. The maximum Gasteiger partial charge on any atom is 0.172 e. The van der Waals surface area contributed by atoms with Gasteiger partial charge in [0, 0.05) is 5.56 Å². The number of halogens is 1. The van der Waals surface area contributed by atoms with Gasteiger partial charge in [0.15, 0.2) is 5.78 Å². The zero-order valence-electron chi connectivity index (χ0n) is 8.29. The van der Waals surface area contributed by atoms with Crippen LogP contribution in [0.3, 0.4) is 0 Å². The zero-order chi connectivity index (χ0) is 10.6. The van der Waals surface area contributed by atoms with E-state index < -0.39 is 0 Å². The third-order valence-corrected chi connectivity index (χ3v) is 2.81. The summed E-state index contributed by atoms with van der Waals surface area (Å²) in [5, 5.41) is 0.444. The van der Waals surface area contributed by atoms with Crippen LogP contribution in [0.1, 0.15) is 24.2 Å². The average molecular weight is 212 g/mol. The number of hydrogen-bond acceptors (Lipinski definition) is 2. The van der Waals surface area contributed by atoms with Crippen molar-refractivity contribution in [2.45, 2.75) is 19.1 Å². The van der Waals surface area contributed by atoms with Crippen LogP contribution in [0.15, 0.2) is 24.3 Å². The molecule has 0 fully saturated rings. The largest absolute Gasteiger partial charge is 0.293 e. The molecule has 0 aliphatic heterocycles.